The number of nitrogens with two attached hydrogens (primary N) is 2. The smallest absolute Gasteiger partial charge is 0.275 e. The van der Waals surface area contributed by atoms with Gasteiger partial charge in [-0.2, -0.15) is 0 Å². The molecule has 0 fully saturated rings. The standard InChI is InChI=1S/C10H9FN4OS/c11-5-1-2-7(6(12)3-5)14-9(16)8-4-17-10(13)15-8/h1-4H,12H2,(H2,13,15)(H,14,16). The molecule has 0 spiro atoms. The van der Waals surface area contributed by atoms with E-state index in [1.165, 1.54) is 17.5 Å². The number of amides is 1. The second-order valence-electron chi connectivity index (χ2n) is 3.26. The molecule has 0 aliphatic carbocycles. The van der Waals surface area contributed by atoms with E-state index in [4.69, 9.17) is 11.5 Å². The Kier molecular flexibility index (Phi) is 2.92. The van der Waals surface area contributed by atoms with Crippen molar-refractivity contribution in [3.05, 3.63) is 35.1 Å². The Morgan fingerprint density at radius 1 is 1.41 bits per heavy atom. The zero-order chi connectivity index (χ0) is 12.4. The summed E-state index contributed by atoms with van der Waals surface area (Å²) in [6.07, 6.45) is 0. The lowest BCUT2D eigenvalue weighted by molar-refractivity contribution is 0.102. The number of carbonyl (C=O) groups excluding carboxylic acids is 1. The number of anilines is 3. The van der Waals surface area contributed by atoms with Crippen LogP contribution in [0.4, 0.5) is 20.9 Å². The van der Waals surface area contributed by atoms with Crippen LogP contribution in [0, 0.1) is 5.82 Å². The SMILES string of the molecule is Nc1nc(C(=O)Nc2ccc(F)cc2N)cs1. The van der Waals surface area contributed by atoms with Crippen LogP contribution < -0.4 is 16.8 Å². The molecular weight excluding hydrogens is 243 g/mol. The van der Waals surface area contributed by atoms with Crippen LogP contribution in [0.5, 0.6) is 0 Å². The largest absolute Gasteiger partial charge is 0.397 e. The first kappa shape index (κ1) is 11.3. The zero-order valence-corrected chi connectivity index (χ0v) is 9.42. The van der Waals surface area contributed by atoms with Crippen LogP contribution in [0.3, 0.4) is 0 Å². The Morgan fingerprint density at radius 3 is 2.76 bits per heavy atom. The van der Waals surface area contributed by atoms with E-state index < -0.39 is 11.7 Å². The minimum atomic E-state index is -0.460. The molecule has 1 aromatic heterocycles. The number of aromatic nitrogens is 1. The fourth-order valence-electron chi connectivity index (χ4n) is 1.23. The fraction of sp³-hybridized carbons (Fsp3) is 0. The van der Waals surface area contributed by atoms with Gasteiger partial charge >= 0.3 is 0 Å². The van der Waals surface area contributed by atoms with Gasteiger partial charge in [0, 0.05) is 5.38 Å². The summed E-state index contributed by atoms with van der Waals surface area (Å²) in [5.74, 6) is -0.894. The van der Waals surface area contributed by atoms with Gasteiger partial charge in [-0.3, -0.25) is 4.79 Å². The van der Waals surface area contributed by atoms with Crippen molar-refractivity contribution in [2.45, 2.75) is 0 Å². The van der Waals surface area contributed by atoms with Crippen LogP contribution in [-0.4, -0.2) is 10.9 Å². The first-order valence-corrected chi connectivity index (χ1v) is 5.51. The number of benzene rings is 1. The minimum Gasteiger partial charge on any atom is -0.397 e. The van der Waals surface area contributed by atoms with E-state index in [0.29, 0.717) is 10.8 Å². The van der Waals surface area contributed by atoms with Gasteiger partial charge in [-0.05, 0) is 18.2 Å². The highest BCUT2D eigenvalue weighted by Gasteiger charge is 2.11. The summed E-state index contributed by atoms with van der Waals surface area (Å²) in [7, 11) is 0. The lowest BCUT2D eigenvalue weighted by atomic mass is 10.2. The van der Waals surface area contributed by atoms with E-state index in [2.05, 4.69) is 10.3 Å². The number of carbonyl (C=O) groups is 1. The van der Waals surface area contributed by atoms with E-state index in [0.717, 1.165) is 17.4 Å². The summed E-state index contributed by atoms with van der Waals surface area (Å²) in [6, 6.07) is 3.73. The molecule has 0 bridgehead atoms. The van der Waals surface area contributed by atoms with Crippen LogP contribution in [0.15, 0.2) is 23.6 Å². The molecule has 0 aliphatic rings. The summed E-state index contributed by atoms with van der Waals surface area (Å²) >= 11 is 1.16. The molecule has 1 heterocycles. The minimum absolute atomic E-state index is 0.154. The van der Waals surface area contributed by atoms with E-state index in [-0.39, 0.29) is 11.4 Å². The molecule has 0 atom stereocenters. The molecule has 88 valence electrons. The average molecular weight is 252 g/mol. The van der Waals surface area contributed by atoms with Gasteiger partial charge in [-0.25, -0.2) is 9.37 Å². The number of halogens is 1. The van der Waals surface area contributed by atoms with Crippen molar-refractivity contribution in [2.24, 2.45) is 0 Å². The highest BCUT2D eigenvalue weighted by atomic mass is 32.1. The monoisotopic (exact) mass is 252 g/mol. The Morgan fingerprint density at radius 2 is 2.18 bits per heavy atom. The molecular formula is C10H9FN4OS. The maximum atomic E-state index is 12.8. The number of hydrogen-bond acceptors (Lipinski definition) is 5. The predicted octanol–water partition coefficient (Wildman–Crippen LogP) is 1.70. The third-order valence-corrected chi connectivity index (χ3v) is 2.69. The molecule has 2 aromatic rings. The van der Waals surface area contributed by atoms with Crippen molar-refractivity contribution < 1.29 is 9.18 Å². The molecule has 0 saturated carbocycles. The molecule has 7 heteroatoms. The molecule has 1 amide bonds. The van der Waals surface area contributed by atoms with E-state index >= 15 is 0 Å². The van der Waals surface area contributed by atoms with Gasteiger partial charge in [0.05, 0.1) is 11.4 Å². The lowest BCUT2D eigenvalue weighted by Crippen LogP contribution is -2.13. The summed E-state index contributed by atoms with van der Waals surface area (Å²) < 4.78 is 12.8. The van der Waals surface area contributed by atoms with Crippen LogP contribution in [0.25, 0.3) is 0 Å². The van der Waals surface area contributed by atoms with Crippen molar-refractivity contribution in [1.29, 1.82) is 0 Å². The molecule has 2 rings (SSSR count). The van der Waals surface area contributed by atoms with Gasteiger partial charge in [0.25, 0.3) is 5.91 Å². The van der Waals surface area contributed by atoms with Crippen molar-refractivity contribution in [3.63, 3.8) is 0 Å². The van der Waals surface area contributed by atoms with Crippen LogP contribution in [0.2, 0.25) is 0 Å². The van der Waals surface area contributed by atoms with E-state index in [1.807, 2.05) is 0 Å². The zero-order valence-electron chi connectivity index (χ0n) is 8.61. The number of nitrogens with zero attached hydrogens (tertiary/aromatic N) is 1. The molecule has 17 heavy (non-hydrogen) atoms. The fourth-order valence-corrected chi connectivity index (χ4v) is 1.77. The van der Waals surface area contributed by atoms with Gasteiger partial charge in [0.2, 0.25) is 0 Å². The molecule has 0 saturated heterocycles. The van der Waals surface area contributed by atoms with Crippen molar-refractivity contribution in [3.8, 4) is 0 Å². The third kappa shape index (κ3) is 2.51. The first-order chi connectivity index (χ1) is 8.06. The van der Waals surface area contributed by atoms with E-state index in [1.54, 1.807) is 0 Å². The maximum absolute atomic E-state index is 12.8. The molecule has 5 nitrogen and oxygen atoms in total. The van der Waals surface area contributed by atoms with E-state index in [9.17, 15) is 9.18 Å². The van der Waals surface area contributed by atoms with Crippen molar-refractivity contribution in [2.75, 3.05) is 16.8 Å². The maximum Gasteiger partial charge on any atom is 0.275 e. The highest BCUT2D eigenvalue weighted by molar-refractivity contribution is 7.13. The number of hydrogen-bond donors (Lipinski definition) is 3. The lowest BCUT2D eigenvalue weighted by Gasteiger charge is -2.06. The Bertz CT molecular complexity index is 569. The molecule has 0 unspecified atom stereocenters. The summed E-state index contributed by atoms with van der Waals surface area (Å²) in [5, 5.41) is 4.36. The average Bonchev–Trinajstić information content (AvgIpc) is 2.69. The number of nitrogen functional groups attached to an aromatic ring is 2. The van der Waals surface area contributed by atoms with Crippen LogP contribution in [0.1, 0.15) is 10.5 Å². The third-order valence-electron chi connectivity index (χ3n) is 2.02. The van der Waals surface area contributed by atoms with Gasteiger partial charge in [-0.1, -0.05) is 0 Å². The molecule has 0 radical (unpaired) electrons. The van der Waals surface area contributed by atoms with Crippen molar-refractivity contribution >= 4 is 33.8 Å². The Labute approximate surface area is 100 Å². The first-order valence-electron chi connectivity index (χ1n) is 4.63. The summed E-state index contributed by atoms with van der Waals surface area (Å²) in [6.45, 7) is 0. The van der Waals surface area contributed by atoms with Gasteiger partial charge in [0.1, 0.15) is 11.5 Å². The Hall–Kier alpha value is -2.15. The van der Waals surface area contributed by atoms with Gasteiger partial charge in [-0.15, -0.1) is 11.3 Å². The predicted molar refractivity (Wildman–Crippen MR) is 65.3 cm³/mol. The molecule has 5 N–H and O–H groups in total. The number of nitrogens with one attached hydrogen (secondary N) is 1. The normalized spacial score (nSPS) is 10.2. The van der Waals surface area contributed by atoms with Crippen LogP contribution in [-0.2, 0) is 0 Å². The second kappa shape index (κ2) is 4.38. The second-order valence-corrected chi connectivity index (χ2v) is 4.15. The number of rotatable bonds is 2. The number of thiazole rings is 1. The molecule has 1 aromatic carbocycles. The quantitative estimate of drug-likeness (QED) is 0.709. The summed E-state index contributed by atoms with van der Waals surface area (Å²) in [4.78, 5) is 15.5. The Balaban J connectivity index is 2.18. The van der Waals surface area contributed by atoms with Crippen LogP contribution >= 0.6 is 11.3 Å². The highest BCUT2D eigenvalue weighted by Crippen LogP contribution is 2.20. The van der Waals surface area contributed by atoms with Gasteiger partial charge < -0.3 is 16.8 Å². The summed E-state index contributed by atoms with van der Waals surface area (Å²) in [5.41, 5.74) is 11.7. The van der Waals surface area contributed by atoms with Gasteiger partial charge in [0.15, 0.2) is 5.13 Å². The van der Waals surface area contributed by atoms with Crippen molar-refractivity contribution in [1.82, 2.24) is 4.98 Å². The topological polar surface area (TPSA) is 94.0 Å². The molecule has 0 aliphatic heterocycles.